The highest BCUT2D eigenvalue weighted by Gasteiger charge is 2.13. The number of methoxy groups -OCH3 is 3. The normalized spacial score (nSPS) is 10.4. The van der Waals surface area contributed by atoms with Crippen LogP contribution in [0.1, 0.15) is 0 Å². The highest BCUT2D eigenvalue weighted by atomic mass is 16.5. The topological polar surface area (TPSA) is 95.4 Å². The Bertz CT molecular complexity index is 1120. The van der Waals surface area contributed by atoms with Crippen molar-refractivity contribution in [2.24, 2.45) is 0 Å². The lowest BCUT2D eigenvalue weighted by atomic mass is 10.2. The second kappa shape index (κ2) is 9.04. The lowest BCUT2D eigenvalue weighted by Gasteiger charge is -2.15. The Hall–Kier alpha value is -4.27. The summed E-state index contributed by atoms with van der Waals surface area (Å²) in [5.74, 6) is 2.71. The van der Waals surface area contributed by atoms with Crippen LogP contribution in [-0.4, -0.2) is 40.8 Å². The first-order valence-corrected chi connectivity index (χ1v) is 9.45. The summed E-state index contributed by atoms with van der Waals surface area (Å²) in [6, 6.07) is 13.3. The van der Waals surface area contributed by atoms with E-state index < -0.39 is 0 Å². The maximum absolute atomic E-state index is 5.40. The molecule has 0 amide bonds. The van der Waals surface area contributed by atoms with Crippen molar-refractivity contribution in [3.05, 3.63) is 67.4 Å². The highest BCUT2D eigenvalue weighted by molar-refractivity contribution is 5.67. The first kappa shape index (κ1) is 20.0. The fourth-order valence-corrected chi connectivity index (χ4v) is 3.05. The monoisotopic (exact) mass is 418 g/mol. The van der Waals surface area contributed by atoms with Gasteiger partial charge in [-0.3, -0.25) is 0 Å². The van der Waals surface area contributed by atoms with Gasteiger partial charge < -0.3 is 29.4 Å². The summed E-state index contributed by atoms with van der Waals surface area (Å²) in [5.41, 5.74) is 2.62. The smallest absolute Gasteiger partial charge is 0.229 e. The van der Waals surface area contributed by atoms with E-state index >= 15 is 0 Å². The van der Waals surface area contributed by atoms with Crippen LogP contribution in [0, 0.1) is 0 Å². The second-order valence-electron chi connectivity index (χ2n) is 6.45. The number of rotatable bonds is 8. The van der Waals surface area contributed by atoms with Crippen molar-refractivity contribution in [2.75, 3.05) is 32.0 Å². The fraction of sp³-hybridized carbons (Fsp3) is 0.136. The molecule has 0 bridgehead atoms. The van der Waals surface area contributed by atoms with E-state index in [9.17, 15) is 0 Å². The van der Waals surface area contributed by atoms with Gasteiger partial charge in [0, 0.05) is 47.8 Å². The van der Waals surface area contributed by atoms with Crippen LogP contribution in [0.5, 0.6) is 17.2 Å². The number of imidazole rings is 1. The number of hydrogen-bond donors (Lipinski definition) is 2. The zero-order chi connectivity index (χ0) is 21.6. The molecule has 0 aliphatic heterocycles. The van der Waals surface area contributed by atoms with Crippen LogP contribution in [0.2, 0.25) is 0 Å². The molecular formula is C22H22N6O3. The minimum atomic E-state index is 0.466. The molecular weight excluding hydrogens is 396 g/mol. The van der Waals surface area contributed by atoms with Gasteiger partial charge in [0.25, 0.3) is 0 Å². The summed E-state index contributed by atoms with van der Waals surface area (Å²) in [6.07, 6.45) is 7.07. The summed E-state index contributed by atoms with van der Waals surface area (Å²) in [7, 11) is 4.72. The molecule has 0 saturated carbocycles. The molecule has 2 N–H and O–H groups in total. The predicted molar refractivity (Wildman–Crippen MR) is 118 cm³/mol. The van der Waals surface area contributed by atoms with Crippen molar-refractivity contribution >= 4 is 23.1 Å². The molecule has 2 aromatic carbocycles. The number of nitrogens with zero attached hydrogens (tertiary/aromatic N) is 4. The maximum Gasteiger partial charge on any atom is 0.229 e. The van der Waals surface area contributed by atoms with Crippen LogP contribution in [0.4, 0.5) is 23.1 Å². The molecule has 0 unspecified atom stereocenters. The molecule has 0 radical (unpaired) electrons. The Labute approximate surface area is 179 Å². The molecule has 0 aliphatic rings. The Morgan fingerprint density at radius 1 is 0.806 bits per heavy atom. The van der Waals surface area contributed by atoms with Gasteiger partial charge in [-0.2, -0.15) is 4.98 Å². The molecule has 9 heteroatoms. The molecule has 158 valence electrons. The Morgan fingerprint density at radius 2 is 1.55 bits per heavy atom. The molecule has 9 nitrogen and oxygen atoms in total. The van der Waals surface area contributed by atoms with Gasteiger partial charge in [-0.15, -0.1) is 0 Å². The fourth-order valence-electron chi connectivity index (χ4n) is 3.05. The molecule has 2 heterocycles. The van der Waals surface area contributed by atoms with Gasteiger partial charge in [-0.25, -0.2) is 9.97 Å². The van der Waals surface area contributed by atoms with Crippen molar-refractivity contribution in [1.29, 1.82) is 0 Å². The van der Waals surface area contributed by atoms with Crippen LogP contribution in [0.15, 0.2) is 67.4 Å². The molecule has 2 aromatic heterocycles. The van der Waals surface area contributed by atoms with Crippen molar-refractivity contribution in [1.82, 2.24) is 19.5 Å². The van der Waals surface area contributed by atoms with E-state index in [2.05, 4.69) is 25.6 Å². The first-order valence-electron chi connectivity index (χ1n) is 9.45. The van der Waals surface area contributed by atoms with Gasteiger partial charge in [0.15, 0.2) is 11.5 Å². The number of nitrogens with one attached hydrogen (secondary N) is 2. The van der Waals surface area contributed by atoms with E-state index in [1.807, 2.05) is 47.2 Å². The van der Waals surface area contributed by atoms with Gasteiger partial charge >= 0.3 is 0 Å². The zero-order valence-electron chi connectivity index (χ0n) is 17.4. The van der Waals surface area contributed by atoms with Gasteiger partial charge in [0.05, 0.1) is 27.7 Å². The van der Waals surface area contributed by atoms with Crippen molar-refractivity contribution in [2.45, 2.75) is 0 Å². The molecule has 4 rings (SSSR count). The van der Waals surface area contributed by atoms with Crippen molar-refractivity contribution in [3.63, 3.8) is 0 Å². The van der Waals surface area contributed by atoms with E-state index in [0.29, 0.717) is 29.0 Å². The van der Waals surface area contributed by atoms with E-state index in [1.165, 1.54) is 0 Å². The zero-order valence-corrected chi connectivity index (χ0v) is 17.4. The average Bonchev–Trinajstić information content (AvgIpc) is 3.34. The van der Waals surface area contributed by atoms with Gasteiger partial charge in [0.1, 0.15) is 5.82 Å². The summed E-state index contributed by atoms with van der Waals surface area (Å²) >= 11 is 0. The molecule has 31 heavy (non-hydrogen) atoms. The Morgan fingerprint density at radius 3 is 2.16 bits per heavy atom. The number of benzene rings is 2. The predicted octanol–water partition coefficient (Wildman–Crippen LogP) is 4.18. The second-order valence-corrected chi connectivity index (χ2v) is 6.45. The third kappa shape index (κ3) is 4.50. The lowest BCUT2D eigenvalue weighted by Crippen LogP contribution is -2.02. The summed E-state index contributed by atoms with van der Waals surface area (Å²) < 4.78 is 18.1. The van der Waals surface area contributed by atoms with E-state index in [1.54, 1.807) is 46.1 Å². The standard InChI is InChI=1S/C22H22N6O3/c1-29-18-12-16(13-19(30-2)21(18)31-3)25-20-8-9-24-22(27-20)26-15-4-6-17(7-5-15)28-11-10-23-14-28/h4-14H,1-3H3,(H2,24,25,26,27). The molecule has 0 aliphatic carbocycles. The van der Waals surface area contributed by atoms with E-state index in [-0.39, 0.29) is 0 Å². The minimum absolute atomic E-state index is 0.466. The van der Waals surface area contributed by atoms with Crippen LogP contribution < -0.4 is 24.8 Å². The number of ether oxygens (including phenoxy) is 3. The van der Waals surface area contributed by atoms with Crippen LogP contribution in [0.25, 0.3) is 5.69 Å². The summed E-state index contributed by atoms with van der Waals surface area (Å²) in [4.78, 5) is 12.9. The minimum Gasteiger partial charge on any atom is -0.493 e. The SMILES string of the molecule is COc1cc(Nc2ccnc(Nc3ccc(-n4ccnc4)cc3)n2)cc(OC)c1OC. The van der Waals surface area contributed by atoms with Gasteiger partial charge in [-0.05, 0) is 30.3 Å². The Balaban J connectivity index is 1.51. The summed E-state index contributed by atoms with van der Waals surface area (Å²) in [6.45, 7) is 0. The quantitative estimate of drug-likeness (QED) is 0.440. The maximum atomic E-state index is 5.40. The Kier molecular flexibility index (Phi) is 5.84. The highest BCUT2D eigenvalue weighted by Crippen LogP contribution is 2.40. The van der Waals surface area contributed by atoms with Gasteiger partial charge in [0.2, 0.25) is 11.7 Å². The average molecular weight is 418 g/mol. The van der Waals surface area contributed by atoms with E-state index in [4.69, 9.17) is 14.2 Å². The lowest BCUT2D eigenvalue weighted by molar-refractivity contribution is 0.324. The number of hydrogen-bond acceptors (Lipinski definition) is 8. The van der Waals surface area contributed by atoms with Crippen LogP contribution in [-0.2, 0) is 0 Å². The third-order valence-electron chi connectivity index (χ3n) is 4.52. The molecule has 0 fully saturated rings. The van der Waals surface area contributed by atoms with Crippen LogP contribution in [0.3, 0.4) is 0 Å². The molecule has 0 spiro atoms. The molecule has 4 aromatic rings. The summed E-state index contributed by atoms with van der Waals surface area (Å²) in [5, 5.41) is 6.45. The number of aromatic nitrogens is 4. The first-order chi connectivity index (χ1) is 15.2. The van der Waals surface area contributed by atoms with E-state index in [0.717, 1.165) is 17.1 Å². The van der Waals surface area contributed by atoms with Crippen molar-refractivity contribution in [3.8, 4) is 22.9 Å². The van der Waals surface area contributed by atoms with Gasteiger partial charge in [-0.1, -0.05) is 0 Å². The largest absolute Gasteiger partial charge is 0.493 e. The molecule has 0 saturated heterocycles. The van der Waals surface area contributed by atoms with Crippen molar-refractivity contribution < 1.29 is 14.2 Å². The van der Waals surface area contributed by atoms with Crippen LogP contribution >= 0.6 is 0 Å². The molecule has 0 atom stereocenters. The number of anilines is 4. The third-order valence-corrected chi connectivity index (χ3v) is 4.52.